The van der Waals surface area contributed by atoms with E-state index in [1.54, 1.807) is 0 Å². The molecule has 0 saturated carbocycles. The van der Waals surface area contributed by atoms with Gasteiger partial charge in [0, 0.05) is 0 Å². The third-order valence-electron chi connectivity index (χ3n) is 1.91. The van der Waals surface area contributed by atoms with Crippen molar-refractivity contribution in [1.82, 2.24) is 0 Å². The molecule has 1 rings (SSSR count). The maximum atomic E-state index is 11.2. The van der Waals surface area contributed by atoms with Crippen LogP contribution in [0.2, 0.25) is 0 Å². The maximum Gasteiger partial charge on any atom is 0.144 e. The van der Waals surface area contributed by atoms with Crippen LogP contribution in [0.5, 0.6) is 0 Å². The van der Waals surface area contributed by atoms with Crippen molar-refractivity contribution in [3.63, 3.8) is 0 Å². The summed E-state index contributed by atoms with van der Waals surface area (Å²) in [6.07, 6.45) is 0.633. The summed E-state index contributed by atoms with van der Waals surface area (Å²) in [7, 11) is 0. The van der Waals surface area contributed by atoms with Crippen LogP contribution in [0, 0.1) is 10.7 Å². The van der Waals surface area contributed by atoms with Crippen molar-refractivity contribution in [2.45, 2.75) is 18.6 Å². The van der Waals surface area contributed by atoms with E-state index in [9.17, 15) is 4.79 Å². The molecular weight excluding hydrogens is 194 g/mol. The van der Waals surface area contributed by atoms with Crippen LogP contribution >= 0.6 is 11.8 Å². The van der Waals surface area contributed by atoms with Gasteiger partial charge in [0.25, 0.3) is 0 Å². The van der Waals surface area contributed by atoms with Gasteiger partial charge in [0.15, 0.2) is 0 Å². The molecule has 2 nitrogen and oxygen atoms in total. The Morgan fingerprint density at radius 1 is 1.50 bits per heavy atom. The highest BCUT2D eigenvalue weighted by Gasteiger charge is 2.14. The van der Waals surface area contributed by atoms with E-state index >= 15 is 0 Å². The highest BCUT2D eigenvalue weighted by atomic mass is 32.2. The first-order valence-corrected chi connectivity index (χ1v) is 5.21. The first-order chi connectivity index (χ1) is 6.74. The number of thiocyanates is 1. The van der Waals surface area contributed by atoms with E-state index in [0.29, 0.717) is 6.42 Å². The molecule has 1 aromatic carbocycles. The van der Waals surface area contributed by atoms with Crippen LogP contribution in [0.15, 0.2) is 30.3 Å². The third-order valence-corrected chi connectivity index (χ3v) is 2.80. The number of nitriles is 1. The lowest BCUT2D eigenvalue weighted by molar-refractivity contribution is -0.116. The van der Waals surface area contributed by atoms with Gasteiger partial charge in [-0.05, 0) is 30.7 Å². The van der Waals surface area contributed by atoms with Crippen molar-refractivity contribution >= 4 is 17.5 Å². The minimum absolute atomic E-state index is 0.0559. The molecule has 0 aliphatic carbocycles. The molecule has 0 radical (unpaired) electrons. The van der Waals surface area contributed by atoms with E-state index in [-0.39, 0.29) is 11.0 Å². The van der Waals surface area contributed by atoms with Crippen LogP contribution < -0.4 is 0 Å². The zero-order valence-electron chi connectivity index (χ0n) is 7.93. The van der Waals surface area contributed by atoms with Crippen LogP contribution in [0.3, 0.4) is 0 Å². The molecule has 0 aliphatic heterocycles. The van der Waals surface area contributed by atoms with E-state index in [0.717, 1.165) is 17.3 Å². The Balaban J connectivity index is 2.66. The standard InChI is InChI=1S/C11H11NOS/c1-9(13)11(14-8-12)7-10-5-3-2-4-6-10/h2-6,11H,7H2,1H3/t11-/m0/s1. The second-order valence-corrected chi connectivity index (χ2v) is 3.99. The zero-order valence-corrected chi connectivity index (χ0v) is 8.75. The smallest absolute Gasteiger partial charge is 0.144 e. The number of rotatable bonds is 4. The molecule has 0 heterocycles. The molecule has 0 aliphatic rings. The molecule has 14 heavy (non-hydrogen) atoms. The highest BCUT2D eigenvalue weighted by Crippen LogP contribution is 2.16. The second kappa shape index (κ2) is 5.46. The minimum Gasteiger partial charge on any atom is -0.299 e. The summed E-state index contributed by atoms with van der Waals surface area (Å²) in [6.45, 7) is 1.53. The molecule has 0 unspecified atom stereocenters. The fourth-order valence-electron chi connectivity index (χ4n) is 1.16. The highest BCUT2D eigenvalue weighted by molar-refractivity contribution is 8.04. The minimum atomic E-state index is -0.234. The number of carbonyl (C=O) groups excluding carboxylic acids is 1. The van der Waals surface area contributed by atoms with Gasteiger partial charge in [-0.3, -0.25) is 4.79 Å². The van der Waals surface area contributed by atoms with E-state index in [1.807, 2.05) is 35.7 Å². The van der Waals surface area contributed by atoms with Gasteiger partial charge in [-0.1, -0.05) is 30.3 Å². The van der Waals surface area contributed by atoms with Crippen LogP contribution in [-0.4, -0.2) is 11.0 Å². The van der Waals surface area contributed by atoms with Gasteiger partial charge in [-0.15, -0.1) is 0 Å². The number of hydrogen-bond acceptors (Lipinski definition) is 3. The first kappa shape index (κ1) is 10.8. The van der Waals surface area contributed by atoms with Crippen LogP contribution in [0.25, 0.3) is 0 Å². The number of carbonyl (C=O) groups is 1. The van der Waals surface area contributed by atoms with Crippen molar-refractivity contribution in [3.8, 4) is 5.40 Å². The number of Topliss-reactive ketones (excluding diaryl/α,β-unsaturated/α-hetero) is 1. The molecule has 0 amide bonds. The van der Waals surface area contributed by atoms with E-state index < -0.39 is 0 Å². The molecule has 72 valence electrons. The Hall–Kier alpha value is -1.27. The lowest BCUT2D eigenvalue weighted by atomic mass is 10.1. The normalized spacial score (nSPS) is 11.7. The lowest BCUT2D eigenvalue weighted by Crippen LogP contribution is -2.15. The van der Waals surface area contributed by atoms with Gasteiger partial charge in [0.05, 0.1) is 5.25 Å². The molecule has 0 saturated heterocycles. The summed E-state index contributed by atoms with van der Waals surface area (Å²) in [4.78, 5) is 11.2. The summed E-state index contributed by atoms with van der Waals surface area (Å²) in [6, 6.07) is 9.73. The molecular formula is C11H11NOS. The molecule has 0 N–H and O–H groups in total. The molecule has 0 fully saturated rings. The quantitative estimate of drug-likeness (QED) is 0.709. The fourth-order valence-corrected chi connectivity index (χ4v) is 1.73. The summed E-state index contributed by atoms with van der Waals surface area (Å²) in [5.41, 5.74) is 1.09. The van der Waals surface area contributed by atoms with E-state index in [2.05, 4.69) is 0 Å². The fraction of sp³-hybridized carbons (Fsp3) is 0.273. The Morgan fingerprint density at radius 2 is 2.14 bits per heavy atom. The number of nitrogens with zero attached hydrogens (tertiary/aromatic N) is 1. The number of ketones is 1. The number of thioether (sulfide) groups is 1. The van der Waals surface area contributed by atoms with Crippen molar-refractivity contribution in [1.29, 1.82) is 5.26 Å². The molecule has 1 aromatic rings. The molecule has 3 heteroatoms. The van der Waals surface area contributed by atoms with Crippen LogP contribution in [0.1, 0.15) is 12.5 Å². The van der Waals surface area contributed by atoms with Crippen LogP contribution in [0.4, 0.5) is 0 Å². The molecule has 1 atom stereocenters. The second-order valence-electron chi connectivity index (χ2n) is 3.00. The van der Waals surface area contributed by atoms with Gasteiger partial charge in [0.2, 0.25) is 0 Å². The summed E-state index contributed by atoms with van der Waals surface area (Å²) < 4.78 is 0. The third kappa shape index (κ3) is 3.23. The largest absolute Gasteiger partial charge is 0.299 e. The Labute approximate surface area is 87.9 Å². The van der Waals surface area contributed by atoms with Gasteiger partial charge < -0.3 is 0 Å². The van der Waals surface area contributed by atoms with Crippen molar-refractivity contribution in [3.05, 3.63) is 35.9 Å². The van der Waals surface area contributed by atoms with Crippen molar-refractivity contribution < 1.29 is 4.79 Å². The predicted molar refractivity (Wildman–Crippen MR) is 57.8 cm³/mol. The Bertz CT molecular complexity index is 342. The molecule has 0 bridgehead atoms. The average Bonchev–Trinajstić information content (AvgIpc) is 2.18. The van der Waals surface area contributed by atoms with Crippen molar-refractivity contribution in [2.75, 3.05) is 0 Å². The Morgan fingerprint density at radius 3 is 2.64 bits per heavy atom. The van der Waals surface area contributed by atoms with Gasteiger partial charge >= 0.3 is 0 Å². The van der Waals surface area contributed by atoms with Crippen LogP contribution in [-0.2, 0) is 11.2 Å². The summed E-state index contributed by atoms with van der Waals surface area (Å²) in [5.74, 6) is 0.0559. The average molecular weight is 205 g/mol. The van der Waals surface area contributed by atoms with Crippen molar-refractivity contribution in [2.24, 2.45) is 0 Å². The summed E-state index contributed by atoms with van der Waals surface area (Å²) in [5, 5.41) is 10.3. The predicted octanol–water partition coefficient (Wildman–Crippen LogP) is 2.40. The SMILES string of the molecule is CC(=O)[C@H](Cc1ccccc1)SC#N. The van der Waals surface area contributed by atoms with Gasteiger partial charge in [0.1, 0.15) is 11.2 Å². The van der Waals surface area contributed by atoms with Gasteiger partial charge in [-0.25, -0.2) is 0 Å². The lowest BCUT2D eigenvalue weighted by Gasteiger charge is -2.08. The zero-order chi connectivity index (χ0) is 10.4. The maximum absolute atomic E-state index is 11.2. The van der Waals surface area contributed by atoms with Gasteiger partial charge in [-0.2, -0.15) is 5.26 Å². The number of hydrogen-bond donors (Lipinski definition) is 0. The first-order valence-electron chi connectivity index (χ1n) is 4.33. The monoisotopic (exact) mass is 205 g/mol. The number of benzene rings is 1. The van der Waals surface area contributed by atoms with E-state index in [4.69, 9.17) is 5.26 Å². The molecule has 0 aromatic heterocycles. The Kier molecular flexibility index (Phi) is 4.21. The molecule has 0 spiro atoms. The van der Waals surface area contributed by atoms with E-state index in [1.165, 1.54) is 6.92 Å². The summed E-state index contributed by atoms with van der Waals surface area (Å²) >= 11 is 1.04. The topological polar surface area (TPSA) is 40.9 Å².